The first-order valence-electron chi connectivity index (χ1n) is 11.3. The summed E-state index contributed by atoms with van der Waals surface area (Å²) in [5, 5.41) is 10.3. The number of guanidine groups is 1. The summed E-state index contributed by atoms with van der Waals surface area (Å²) < 4.78 is 10.6. The molecule has 1 aromatic rings. The van der Waals surface area contributed by atoms with Crippen molar-refractivity contribution in [1.82, 2.24) is 15.5 Å². The maximum atomic E-state index is 5.53. The van der Waals surface area contributed by atoms with Crippen molar-refractivity contribution >= 4 is 11.6 Å². The summed E-state index contributed by atoms with van der Waals surface area (Å²) in [7, 11) is 1.71. The second-order valence-electron chi connectivity index (χ2n) is 8.12. The maximum Gasteiger partial charge on any atom is 0.191 e. The Labute approximate surface area is 182 Å². The van der Waals surface area contributed by atoms with Crippen molar-refractivity contribution in [2.75, 3.05) is 65.0 Å². The van der Waals surface area contributed by atoms with Crippen LogP contribution in [0.4, 0.5) is 5.69 Å². The topological polar surface area (TPSA) is 70.2 Å². The fourth-order valence-electron chi connectivity index (χ4n) is 3.60. The highest BCUT2D eigenvalue weighted by atomic mass is 16.5. The summed E-state index contributed by atoms with van der Waals surface area (Å²) in [5.41, 5.74) is 2.29. The SMILES string of the molecule is CCNC(=NCc1ccc(NCCOC)cc1)NCC(CC(C)C)N1CCOCC1. The molecule has 0 amide bonds. The van der Waals surface area contributed by atoms with E-state index >= 15 is 0 Å². The Morgan fingerprint density at radius 2 is 1.90 bits per heavy atom. The number of benzene rings is 1. The van der Waals surface area contributed by atoms with Gasteiger partial charge in [0.15, 0.2) is 5.96 Å². The third-order valence-electron chi connectivity index (χ3n) is 5.16. The molecule has 170 valence electrons. The molecule has 30 heavy (non-hydrogen) atoms. The highest BCUT2D eigenvalue weighted by Gasteiger charge is 2.22. The van der Waals surface area contributed by atoms with E-state index in [1.165, 1.54) is 12.0 Å². The molecule has 1 heterocycles. The van der Waals surface area contributed by atoms with E-state index in [4.69, 9.17) is 14.5 Å². The largest absolute Gasteiger partial charge is 0.383 e. The molecule has 2 rings (SSSR count). The normalized spacial score (nSPS) is 16.5. The van der Waals surface area contributed by atoms with Crippen LogP contribution in [0.15, 0.2) is 29.3 Å². The molecule has 7 heteroatoms. The van der Waals surface area contributed by atoms with Gasteiger partial charge in [-0.15, -0.1) is 0 Å². The number of rotatable bonds is 12. The van der Waals surface area contributed by atoms with Crippen LogP contribution >= 0.6 is 0 Å². The summed E-state index contributed by atoms with van der Waals surface area (Å²) in [6, 6.07) is 8.93. The Morgan fingerprint density at radius 1 is 1.17 bits per heavy atom. The number of anilines is 1. The van der Waals surface area contributed by atoms with E-state index in [2.05, 4.69) is 65.9 Å². The minimum absolute atomic E-state index is 0.496. The van der Waals surface area contributed by atoms with Gasteiger partial charge in [0.25, 0.3) is 0 Å². The summed E-state index contributed by atoms with van der Waals surface area (Å²) in [6.45, 7) is 14.3. The van der Waals surface area contributed by atoms with Gasteiger partial charge in [-0.3, -0.25) is 4.90 Å². The molecule has 0 aliphatic carbocycles. The zero-order valence-corrected chi connectivity index (χ0v) is 19.2. The van der Waals surface area contributed by atoms with Gasteiger partial charge in [0.05, 0.1) is 26.4 Å². The third kappa shape index (κ3) is 9.32. The van der Waals surface area contributed by atoms with Gasteiger partial charge in [0.1, 0.15) is 0 Å². The Kier molecular flexibility index (Phi) is 11.6. The summed E-state index contributed by atoms with van der Waals surface area (Å²) >= 11 is 0. The average molecular weight is 420 g/mol. The van der Waals surface area contributed by atoms with E-state index in [1.54, 1.807) is 7.11 Å². The Hall–Kier alpha value is -1.83. The van der Waals surface area contributed by atoms with E-state index in [0.29, 0.717) is 25.1 Å². The smallest absolute Gasteiger partial charge is 0.191 e. The molecule has 1 unspecified atom stereocenters. The number of morpholine rings is 1. The molecule has 7 nitrogen and oxygen atoms in total. The molecule has 3 N–H and O–H groups in total. The number of nitrogens with zero attached hydrogens (tertiary/aromatic N) is 2. The van der Waals surface area contributed by atoms with Gasteiger partial charge in [0, 0.05) is 51.6 Å². The molecule has 1 saturated heterocycles. The first kappa shape index (κ1) is 24.4. The highest BCUT2D eigenvalue weighted by molar-refractivity contribution is 5.79. The molecule has 0 aromatic heterocycles. The van der Waals surface area contributed by atoms with Gasteiger partial charge in [-0.1, -0.05) is 26.0 Å². The Balaban J connectivity index is 1.90. The van der Waals surface area contributed by atoms with Crippen LogP contribution in [0.5, 0.6) is 0 Å². The number of hydrogen-bond donors (Lipinski definition) is 3. The molecule has 0 radical (unpaired) electrons. The van der Waals surface area contributed by atoms with Crippen molar-refractivity contribution in [3.05, 3.63) is 29.8 Å². The van der Waals surface area contributed by atoms with Crippen molar-refractivity contribution in [3.63, 3.8) is 0 Å². The van der Waals surface area contributed by atoms with Gasteiger partial charge in [0.2, 0.25) is 0 Å². The molecule has 1 aromatic carbocycles. The van der Waals surface area contributed by atoms with Crippen molar-refractivity contribution in [2.45, 2.75) is 39.8 Å². The average Bonchev–Trinajstić information content (AvgIpc) is 2.76. The number of nitrogens with one attached hydrogen (secondary N) is 3. The lowest BCUT2D eigenvalue weighted by Gasteiger charge is -2.35. The second-order valence-corrected chi connectivity index (χ2v) is 8.12. The van der Waals surface area contributed by atoms with Crippen LogP contribution in [0.2, 0.25) is 0 Å². The first-order valence-corrected chi connectivity index (χ1v) is 11.3. The molecule has 1 aliphatic rings. The number of ether oxygens (including phenoxy) is 2. The monoisotopic (exact) mass is 419 g/mol. The Bertz CT molecular complexity index is 600. The van der Waals surface area contributed by atoms with Gasteiger partial charge < -0.3 is 25.4 Å². The van der Waals surface area contributed by atoms with Gasteiger partial charge in [-0.25, -0.2) is 4.99 Å². The van der Waals surface area contributed by atoms with Crippen molar-refractivity contribution in [1.29, 1.82) is 0 Å². The molecule has 0 spiro atoms. The van der Waals surface area contributed by atoms with Gasteiger partial charge in [-0.2, -0.15) is 0 Å². The lowest BCUT2D eigenvalue weighted by molar-refractivity contribution is 0.0132. The predicted molar refractivity (Wildman–Crippen MR) is 125 cm³/mol. The fraction of sp³-hybridized carbons (Fsp3) is 0.696. The molecular weight excluding hydrogens is 378 g/mol. The summed E-state index contributed by atoms with van der Waals surface area (Å²) in [4.78, 5) is 7.35. The first-order chi connectivity index (χ1) is 14.6. The lowest BCUT2D eigenvalue weighted by Crippen LogP contribution is -2.51. The highest BCUT2D eigenvalue weighted by Crippen LogP contribution is 2.13. The minimum atomic E-state index is 0.496. The molecule has 1 atom stereocenters. The molecule has 1 fully saturated rings. The van der Waals surface area contributed by atoms with E-state index in [9.17, 15) is 0 Å². The number of hydrogen-bond acceptors (Lipinski definition) is 5. The molecule has 0 bridgehead atoms. The standard InChI is InChI=1S/C23H41N5O2/c1-5-24-23(26-17-20-6-8-21(9-7-20)25-10-13-29-4)27-18-22(16-19(2)3)28-11-14-30-15-12-28/h6-9,19,22,25H,5,10-18H2,1-4H3,(H2,24,26,27). The number of aliphatic imine (C=N–C) groups is 1. The second kappa shape index (κ2) is 14.2. The zero-order chi connectivity index (χ0) is 21.6. The van der Waals surface area contributed by atoms with Crippen molar-refractivity contribution < 1.29 is 9.47 Å². The van der Waals surface area contributed by atoms with E-state index in [0.717, 1.165) is 57.6 Å². The lowest BCUT2D eigenvalue weighted by atomic mass is 10.0. The third-order valence-corrected chi connectivity index (χ3v) is 5.16. The van der Waals surface area contributed by atoms with Crippen molar-refractivity contribution in [2.24, 2.45) is 10.9 Å². The van der Waals surface area contributed by atoms with Gasteiger partial charge in [-0.05, 0) is 37.0 Å². The quantitative estimate of drug-likeness (QED) is 0.275. The van der Waals surface area contributed by atoms with E-state index in [1.807, 2.05) is 0 Å². The molecular formula is C23H41N5O2. The minimum Gasteiger partial charge on any atom is -0.383 e. The van der Waals surface area contributed by atoms with Crippen LogP contribution in [0, 0.1) is 5.92 Å². The molecule has 0 saturated carbocycles. The number of methoxy groups -OCH3 is 1. The Morgan fingerprint density at radius 3 is 2.53 bits per heavy atom. The summed E-state index contributed by atoms with van der Waals surface area (Å²) in [6.07, 6.45) is 1.17. The van der Waals surface area contributed by atoms with E-state index in [-0.39, 0.29) is 0 Å². The maximum absolute atomic E-state index is 5.53. The van der Waals surface area contributed by atoms with Crippen LogP contribution in [-0.4, -0.2) is 76.6 Å². The van der Waals surface area contributed by atoms with E-state index < -0.39 is 0 Å². The zero-order valence-electron chi connectivity index (χ0n) is 19.2. The van der Waals surface area contributed by atoms with Crippen LogP contribution < -0.4 is 16.0 Å². The molecule has 1 aliphatic heterocycles. The van der Waals surface area contributed by atoms with Gasteiger partial charge >= 0.3 is 0 Å². The van der Waals surface area contributed by atoms with Crippen LogP contribution in [0.1, 0.15) is 32.8 Å². The fourth-order valence-corrected chi connectivity index (χ4v) is 3.60. The van der Waals surface area contributed by atoms with Crippen LogP contribution in [0.25, 0.3) is 0 Å². The van der Waals surface area contributed by atoms with Crippen molar-refractivity contribution in [3.8, 4) is 0 Å². The predicted octanol–water partition coefficient (Wildman–Crippen LogP) is 2.55. The van der Waals surface area contributed by atoms with Crippen LogP contribution in [-0.2, 0) is 16.0 Å². The summed E-state index contributed by atoms with van der Waals surface area (Å²) in [5.74, 6) is 1.54. The van der Waals surface area contributed by atoms with Crippen LogP contribution in [0.3, 0.4) is 0 Å².